The molecule has 2 aromatic rings. The molecule has 3 rings (SSSR count). The van der Waals surface area contributed by atoms with E-state index in [9.17, 15) is 9.90 Å². The second kappa shape index (κ2) is 6.20. The van der Waals surface area contributed by atoms with Gasteiger partial charge in [-0.2, -0.15) is 0 Å². The molecule has 0 fully saturated rings. The predicted molar refractivity (Wildman–Crippen MR) is 88.0 cm³/mol. The highest BCUT2D eigenvalue weighted by Gasteiger charge is 2.27. The number of aliphatic carboxylic acids is 1. The molecule has 1 atom stereocenters. The number of hydrogen-bond acceptors (Lipinski definition) is 4. The number of nitrogens with zero attached hydrogens (tertiary/aromatic N) is 1. The van der Waals surface area contributed by atoms with E-state index in [4.69, 9.17) is 9.47 Å². The van der Waals surface area contributed by atoms with Gasteiger partial charge in [0.2, 0.25) is 0 Å². The van der Waals surface area contributed by atoms with Crippen LogP contribution in [0.5, 0.6) is 11.5 Å². The van der Waals surface area contributed by atoms with Gasteiger partial charge in [-0.25, -0.2) is 0 Å². The van der Waals surface area contributed by atoms with Gasteiger partial charge in [-0.1, -0.05) is 6.07 Å². The van der Waals surface area contributed by atoms with Crippen LogP contribution in [-0.4, -0.2) is 31.8 Å². The Morgan fingerprint density at radius 1 is 1.22 bits per heavy atom. The summed E-state index contributed by atoms with van der Waals surface area (Å²) in [5, 5.41) is 9.31. The third-order valence-electron chi connectivity index (χ3n) is 4.18. The van der Waals surface area contributed by atoms with E-state index in [1.54, 1.807) is 7.11 Å². The van der Waals surface area contributed by atoms with Crippen LogP contribution in [0.3, 0.4) is 0 Å². The van der Waals surface area contributed by atoms with Gasteiger partial charge in [0.1, 0.15) is 11.5 Å². The molecular weight excluding hydrogens is 294 g/mol. The van der Waals surface area contributed by atoms with Crippen molar-refractivity contribution in [3.8, 4) is 11.5 Å². The number of carboxylic acids is 1. The lowest BCUT2D eigenvalue weighted by atomic mass is 9.93. The topological polar surface area (TPSA) is 59.0 Å². The van der Waals surface area contributed by atoms with Crippen molar-refractivity contribution < 1.29 is 19.4 Å². The van der Waals surface area contributed by atoms with Crippen LogP contribution < -0.4 is 14.4 Å². The van der Waals surface area contributed by atoms with Gasteiger partial charge in [0, 0.05) is 30.1 Å². The molecule has 23 heavy (non-hydrogen) atoms. The number of hydrogen-bond donors (Lipinski definition) is 1. The van der Waals surface area contributed by atoms with E-state index in [1.165, 1.54) is 0 Å². The fraction of sp³-hybridized carbons (Fsp3) is 0.278. The summed E-state index contributed by atoms with van der Waals surface area (Å²) in [5.41, 5.74) is 2.70. The van der Waals surface area contributed by atoms with Crippen LogP contribution in [0, 0.1) is 0 Å². The maximum absolute atomic E-state index is 11.3. The summed E-state index contributed by atoms with van der Waals surface area (Å²) in [5.74, 6) is 0.173. The molecule has 5 nitrogen and oxygen atoms in total. The Morgan fingerprint density at radius 3 is 2.57 bits per heavy atom. The van der Waals surface area contributed by atoms with Crippen LogP contribution in [0.25, 0.3) is 0 Å². The average Bonchev–Trinajstić information content (AvgIpc) is 2.60. The molecular formula is C18H19NO4. The van der Waals surface area contributed by atoms with Crippen molar-refractivity contribution in [2.24, 2.45) is 0 Å². The third-order valence-corrected chi connectivity index (χ3v) is 4.18. The molecule has 1 N–H and O–H groups in total. The zero-order chi connectivity index (χ0) is 16.4. The first-order valence-electron chi connectivity index (χ1n) is 7.47. The second-order valence-electron chi connectivity index (χ2n) is 5.51. The Bertz CT molecular complexity index is 711. The Balaban J connectivity index is 1.90. The largest absolute Gasteiger partial charge is 0.497 e. The van der Waals surface area contributed by atoms with Crippen LogP contribution in [0.4, 0.5) is 11.4 Å². The highest BCUT2D eigenvalue weighted by atomic mass is 16.5. The number of ether oxygens (including phenoxy) is 2. The van der Waals surface area contributed by atoms with E-state index in [0.29, 0.717) is 18.8 Å². The highest BCUT2D eigenvalue weighted by Crippen LogP contribution is 2.37. The van der Waals surface area contributed by atoms with Gasteiger partial charge < -0.3 is 19.5 Å². The molecule has 0 bridgehead atoms. The molecule has 1 aliphatic heterocycles. The molecule has 0 amide bonds. The lowest BCUT2D eigenvalue weighted by molar-refractivity contribution is -0.139. The summed E-state index contributed by atoms with van der Waals surface area (Å²) in [6.07, 6.45) is 0.510. The predicted octanol–water partition coefficient (Wildman–Crippen LogP) is 3.41. The molecule has 5 heteroatoms. The molecule has 1 aliphatic rings. The fourth-order valence-corrected chi connectivity index (χ4v) is 2.80. The third kappa shape index (κ3) is 2.95. The summed E-state index contributed by atoms with van der Waals surface area (Å²) in [4.78, 5) is 13.4. The minimum absolute atomic E-state index is 0.430. The van der Waals surface area contributed by atoms with E-state index in [1.807, 2.05) is 54.4 Å². The van der Waals surface area contributed by atoms with E-state index >= 15 is 0 Å². The molecule has 1 unspecified atom stereocenters. The molecule has 2 aromatic carbocycles. The normalized spacial score (nSPS) is 16.2. The zero-order valence-electron chi connectivity index (χ0n) is 13.2. The summed E-state index contributed by atoms with van der Waals surface area (Å²) in [6, 6.07) is 13.4. The first-order valence-corrected chi connectivity index (χ1v) is 7.47. The quantitative estimate of drug-likeness (QED) is 0.937. The van der Waals surface area contributed by atoms with Crippen LogP contribution in [-0.2, 0) is 4.79 Å². The molecule has 0 aromatic heterocycles. The van der Waals surface area contributed by atoms with E-state index in [0.717, 1.165) is 22.7 Å². The van der Waals surface area contributed by atoms with E-state index < -0.39 is 11.9 Å². The second-order valence-corrected chi connectivity index (χ2v) is 5.51. The monoisotopic (exact) mass is 313 g/mol. The lowest BCUT2D eigenvalue weighted by Gasteiger charge is -2.26. The number of carboxylic acid groups (broad SMARTS) is 1. The summed E-state index contributed by atoms with van der Waals surface area (Å²) in [7, 11) is 3.60. The van der Waals surface area contributed by atoms with Gasteiger partial charge in [0.15, 0.2) is 0 Å². The maximum Gasteiger partial charge on any atom is 0.311 e. The standard InChI is InChI=1S/C18H19NO4/c1-19(12-3-6-14(22-2)7-4-12)13-5-8-15-16(18(20)21)9-10-23-17(15)11-13/h3-8,11,16H,9-10H2,1-2H3,(H,20,21). The van der Waals surface area contributed by atoms with Crippen molar-refractivity contribution in [1.82, 2.24) is 0 Å². The minimum Gasteiger partial charge on any atom is -0.497 e. The number of carbonyl (C=O) groups is 1. The number of methoxy groups -OCH3 is 1. The Kier molecular flexibility index (Phi) is 4.10. The number of rotatable bonds is 4. The van der Waals surface area contributed by atoms with Crippen molar-refractivity contribution in [3.63, 3.8) is 0 Å². The van der Waals surface area contributed by atoms with E-state index in [-0.39, 0.29) is 0 Å². The van der Waals surface area contributed by atoms with Crippen LogP contribution in [0.15, 0.2) is 42.5 Å². The van der Waals surface area contributed by atoms with Gasteiger partial charge in [-0.15, -0.1) is 0 Å². The number of fused-ring (bicyclic) bond motifs is 1. The SMILES string of the molecule is COc1ccc(N(C)c2ccc3c(c2)OCCC3C(=O)O)cc1. The first-order chi connectivity index (χ1) is 11.1. The number of benzene rings is 2. The molecule has 0 aliphatic carbocycles. The van der Waals surface area contributed by atoms with Gasteiger partial charge in [0.25, 0.3) is 0 Å². The average molecular weight is 313 g/mol. The van der Waals surface area contributed by atoms with Crippen LogP contribution in [0.2, 0.25) is 0 Å². The Hall–Kier alpha value is -2.69. The van der Waals surface area contributed by atoms with Gasteiger partial charge >= 0.3 is 5.97 Å². The van der Waals surface area contributed by atoms with Crippen molar-refractivity contribution in [2.45, 2.75) is 12.3 Å². The van der Waals surface area contributed by atoms with Crippen LogP contribution >= 0.6 is 0 Å². The van der Waals surface area contributed by atoms with E-state index in [2.05, 4.69) is 0 Å². The van der Waals surface area contributed by atoms with Crippen LogP contribution in [0.1, 0.15) is 17.9 Å². The molecule has 0 radical (unpaired) electrons. The smallest absolute Gasteiger partial charge is 0.311 e. The van der Waals surface area contributed by atoms with Crippen molar-refractivity contribution in [2.75, 3.05) is 25.7 Å². The Labute approximate surface area is 135 Å². The molecule has 0 spiro atoms. The molecule has 0 saturated heterocycles. The maximum atomic E-state index is 11.3. The summed E-state index contributed by atoms with van der Waals surface area (Å²) in [6.45, 7) is 0.430. The fourth-order valence-electron chi connectivity index (χ4n) is 2.80. The zero-order valence-corrected chi connectivity index (χ0v) is 13.2. The lowest BCUT2D eigenvalue weighted by Crippen LogP contribution is -2.21. The van der Waals surface area contributed by atoms with Crippen molar-refractivity contribution in [1.29, 1.82) is 0 Å². The number of anilines is 2. The minimum atomic E-state index is -0.800. The van der Waals surface area contributed by atoms with Gasteiger partial charge in [-0.05, 0) is 36.8 Å². The summed E-state index contributed by atoms with van der Waals surface area (Å²) >= 11 is 0. The highest BCUT2D eigenvalue weighted by molar-refractivity contribution is 5.78. The van der Waals surface area contributed by atoms with Gasteiger partial charge in [0.05, 0.1) is 19.6 Å². The molecule has 120 valence electrons. The van der Waals surface area contributed by atoms with Crippen molar-refractivity contribution >= 4 is 17.3 Å². The van der Waals surface area contributed by atoms with Crippen molar-refractivity contribution in [3.05, 3.63) is 48.0 Å². The molecule has 0 saturated carbocycles. The molecule has 1 heterocycles. The van der Waals surface area contributed by atoms with Gasteiger partial charge in [-0.3, -0.25) is 4.79 Å². The summed E-state index contributed by atoms with van der Waals surface area (Å²) < 4.78 is 10.8. The Morgan fingerprint density at radius 2 is 1.91 bits per heavy atom. The first kappa shape index (κ1) is 15.2.